The van der Waals surface area contributed by atoms with E-state index in [0.717, 1.165) is 17.5 Å². The van der Waals surface area contributed by atoms with E-state index in [0.29, 0.717) is 10.7 Å². The first kappa shape index (κ1) is 9.99. The van der Waals surface area contributed by atoms with Gasteiger partial charge in [-0.25, -0.2) is 0 Å². The molecule has 1 heterocycles. The van der Waals surface area contributed by atoms with Crippen molar-refractivity contribution in [3.8, 4) is 5.69 Å². The van der Waals surface area contributed by atoms with Crippen LogP contribution >= 0.6 is 11.6 Å². The Balaban J connectivity index is 2.62. The molecule has 0 saturated heterocycles. The Hall–Kier alpha value is -1.54. The Morgan fingerprint density at radius 2 is 2.13 bits per heavy atom. The molecule has 0 radical (unpaired) electrons. The van der Waals surface area contributed by atoms with E-state index in [4.69, 9.17) is 11.6 Å². The lowest BCUT2D eigenvalue weighted by atomic mass is 10.2. The molecule has 2 rings (SSSR count). The Morgan fingerprint density at radius 3 is 2.87 bits per heavy atom. The second-order valence-electron chi connectivity index (χ2n) is 3.38. The smallest absolute Gasteiger partial charge is 0.166 e. The first-order chi connectivity index (χ1) is 7.22. The quantitative estimate of drug-likeness (QED) is 0.711. The highest BCUT2D eigenvalue weighted by Crippen LogP contribution is 2.22. The third-order valence-corrected chi connectivity index (χ3v) is 2.58. The van der Waals surface area contributed by atoms with Crippen molar-refractivity contribution in [2.75, 3.05) is 0 Å². The van der Waals surface area contributed by atoms with Crippen LogP contribution in [0.1, 0.15) is 16.1 Å². The van der Waals surface area contributed by atoms with Crippen LogP contribution in [-0.2, 0) is 0 Å². The number of hydrogen-bond donors (Lipinski definition) is 0. The molecule has 15 heavy (non-hydrogen) atoms. The number of halogens is 1. The SMILES string of the molecule is Cc1ccc(Cl)c(-n2cccc2C=O)c1. The molecule has 2 aromatic rings. The van der Waals surface area contributed by atoms with Crippen LogP contribution in [0, 0.1) is 6.92 Å². The van der Waals surface area contributed by atoms with E-state index >= 15 is 0 Å². The van der Waals surface area contributed by atoms with Crippen molar-refractivity contribution in [2.24, 2.45) is 0 Å². The van der Waals surface area contributed by atoms with Gasteiger partial charge in [0, 0.05) is 6.20 Å². The normalized spacial score (nSPS) is 10.3. The highest BCUT2D eigenvalue weighted by molar-refractivity contribution is 6.32. The summed E-state index contributed by atoms with van der Waals surface area (Å²) in [5.74, 6) is 0. The molecule has 1 aromatic heterocycles. The standard InChI is InChI=1S/C12H10ClNO/c1-9-4-5-11(13)12(7-9)14-6-2-3-10(14)8-15/h2-8H,1H3. The topological polar surface area (TPSA) is 22.0 Å². The summed E-state index contributed by atoms with van der Waals surface area (Å²) in [4.78, 5) is 10.8. The van der Waals surface area contributed by atoms with Gasteiger partial charge in [-0.2, -0.15) is 0 Å². The van der Waals surface area contributed by atoms with Gasteiger partial charge < -0.3 is 4.57 Å². The fourth-order valence-corrected chi connectivity index (χ4v) is 1.73. The minimum absolute atomic E-state index is 0.600. The van der Waals surface area contributed by atoms with E-state index in [-0.39, 0.29) is 0 Å². The van der Waals surface area contributed by atoms with Crippen molar-refractivity contribution in [3.63, 3.8) is 0 Å². The minimum atomic E-state index is 0.600. The van der Waals surface area contributed by atoms with E-state index < -0.39 is 0 Å². The van der Waals surface area contributed by atoms with Crippen LogP contribution in [0.25, 0.3) is 5.69 Å². The molecule has 0 aliphatic heterocycles. The van der Waals surface area contributed by atoms with Gasteiger partial charge in [-0.05, 0) is 36.8 Å². The van der Waals surface area contributed by atoms with Gasteiger partial charge in [0.05, 0.1) is 16.4 Å². The van der Waals surface area contributed by atoms with Crippen LogP contribution in [0.15, 0.2) is 36.5 Å². The largest absolute Gasteiger partial charge is 0.313 e. The number of aryl methyl sites for hydroxylation is 1. The number of aldehydes is 1. The van der Waals surface area contributed by atoms with Gasteiger partial charge in [0.2, 0.25) is 0 Å². The van der Waals surface area contributed by atoms with Crippen LogP contribution in [0.5, 0.6) is 0 Å². The van der Waals surface area contributed by atoms with Crippen molar-refractivity contribution in [1.82, 2.24) is 4.57 Å². The Bertz CT molecular complexity index is 502. The maximum atomic E-state index is 10.8. The second kappa shape index (κ2) is 3.91. The number of carbonyl (C=O) groups is 1. The molecule has 0 fully saturated rings. The number of hydrogen-bond acceptors (Lipinski definition) is 1. The Morgan fingerprint density at radius 1 is 1.33 bits per heavy atom. The summed E-state index contributed by atoms with van der Waals surface area (Å²) < 4.78 is 1.78. The molecular weight excluding hydrogens is 210 g/mol. The van der Waals surface area contributed by atoms with E-state index in [1.54, 1.807) is 10.6 Å². The predicted molar refractivity (Wildman–Crippen MR) is 60.9 cm³/mol. The molecule has 1 aromatic carbocycles. The zero-order valence-electron chi connectivity index (χ0n) is 8.27. The lowest BCUT2D eigenvalue weighted by Crippen LogP contribution is -1.98. The Labute approximate surface area is 93.1 Å². The van der Waals surface area contributed by atoms with Crippen molar-refractivity contribution in [2.45, 2.75) is 6.92 Å². The molecule has 0 amide bonds. The van der Waals surface area contributed by atoms with Gasteiger partial charge >= 0.3 is 0 Å². The summed E-state index contributed by atoms with van der Waals surface area (Å²) in [6, 6.07) is 9.31. The maximum Gasteiger partial charge on any atom is 0.166 e. The van der Waals surface area contributed by atoms with Crippen molar-refractivity contribution in [3.05, 3.63) is 52.8 Å². The van der Waals surface area contributed by atoms with E-state index in [9.17, 15) is 4.79 Å². The minimum Gasteiger partial charge on any atom is -0.313 e. The molecule has 0 saturated carbocycles. The number of carbonyl (C=O) groups excluding carboxylic acids is 1. The highest BCUT2D eigenvalue weighted by atomic mass is 35.5. The summed E-state index contributed by atoms with van der Waals surface area (Å²) in [5.41, 5.74) is 2.55. The molecule has 0 unspecified atom stereocenters. The molecule has 2 nitrogen and oxygen atoms in total. The molecule has 3 heteroatoms. The van der Waals surface area contributed by atoms with E-state index in [1.807, 2.05) is 37.4 Å². The molecule has 0 bridgehead atoms. The summed E-state index contributed by atoms with van der Waals surface area (Å²) >= 11 is 6.08. The summed E-state index contributed by atoms with van der Waals surface area (Å²) in [7, 11) is 0. The average Bonchev–Trinajstić information content (AvgIpc) is 2.69. The van der Waals surface area contributed by atoms with Crippen LogP contribution in [0.2, 0.25) is 5.02 Å². The molecule has 0 aliphatic carbocycles. The summed E-state index contributed by atoms with van der Waals surface area (Å²) in [5, 5.41) is 0.639. The summed E-state index contributed by atoms with van der Waals surface area (Å²) in [6.07, 6.45) is 2.64. The monoisotopic (exact) mass is 219 g/mol. The second-order valence-corrected chi connectivity index (χ2v) is 3.78. The number of benzene rings is 1. The van der Waals surface area contributed by atoms with E-state index in [2.05, 4.69) is 0 Å². The lowest BCUT2D eigenvalue weighted by molar-refractivity contribution is 0.111. The third-order valence-electron chi connectivity index (χ3n) is 2.26. The highest BCUT2D eigenvalue weighted by Gasteiger charge is 2.06. The van der Waals surface area contributed by atoms with Gasteiger partial charge in [0.1, 0.15) is 0 Å². The van der Waals surface area contributed by atoms with Crippen LogP contribution in [0.4, 0.5) is 0 Å². The molecular formula is C12H10ClNO. The molecule has 0 N–H and O–H groups in total. The van der Waals surface area contributed by atoms with Crippen LogP contribution in [-0.4, -0.2) is 10.9 Å². The van der Waals surface area contributed by atoms with Gasteiger partial charge in [-0.15, -0.1) is 0 Å². The van der Waals surface area contributed by atoms with Gasteiger partial charge in [0.25, 0.3) is 0 Å². The van der Waals surface area contributed by atoms with E-state index in [1.165, 1.54) is 0 Å². The fraction of sp³-hybridized carbons (Fsp3) is 0.0833. The number of rotatable bonds is 2. The maximum absolute atomic E-state index is 10.8. The molecule has 0 spiro atoms. The predicted octanol–water partition coefficient (Wildman–Crippen LogP) is 3.25. The number of nitrogens with zero attached hydrogens (tertiary/aromatic N) is 1. The van der Waals surface area contributed by atoms with Crippen molar-refractivity contribution < 1.29 is 4.79 Å². The molecule has 0 aliphatic rings. The van der Waals surface area contributed by atoms with Crippen LogP contribution in [0.3, 0.4) is 0 Å². The molecule has 76 valence electrons. The van der Waals surface area contributed by atoms with Crippen LogP contribution < -0.4 is 0 Å². The zero-order chi connectivity index (χ0) is 10.8. The summed E-state index contributed by atoms with van der Waals surface area (Å²) in [6.45, 7) is 1.99. The Kier molecular flexibility index (Phi) is 2.60. The van der Waals surface area contributed by atoms with Gasteiger partial charge in [0.15, 0.2) is 6.29 Å². The van der Waals surface area contributed by atoms with Crippen molar-refractivity contribution >= 4 is 17.9 Å². The first-order valence-corrected chi connectivity index (χ1v) is 4.99. The fourth-order valence-electron chi connectivity index (χ4n) is 1.52. The van der Waals surface area contributed by atoms with Gasteiger partial charge in [-0.1, -0.05) is 17.7 Å². The van der Waals surface area contributed by atoms with Crippen molar-refractivity contribution in [1.29, 1.82) is 0 Å². The lowest BCUT2D eigenvalue weighted by Gasteiger charge is -2.08. The first-order valence-electron chi connectivity index (χ1n) is 4.61. The van der Waals surface area contributed by atoms with Gasteiger partial charge in [-0.3, -0.25) is 4.79 Å². The number of aromatic nitrogens is 1. The average molecular weight is 220 g/mol. The third kappa shape index (κ3) is 1.81. The zero-order valence-corrected chi connectivity index (χ0v) is 9.03. The molecule has 0 atom stereocenters.